The van der Waals surface area contributed by atoms with Crippen LogP contribution in [0.15, 0.2) is 23.2 Å². The first-order valence-electron chi connectivity index (χ1n) is 8.53. The van der Waals surface area contributed by atoms with E-state index in [1.165, 1.54) is 12.1 Å². The van der Waals surface area contributed by atoms with Gasteiger partial charge < -0.3 is 15.0 Å². The van der Waals surface area contributed by atoms with E-state index in [4.69, 9.17) is 4.74 Å². The zero-order valence-electron chi connectivity index (χ0n) is 14.9. The molecule has 0 radical (unpaired) electrons. The van der Waals surface area contributed by atoms with E-state index in [0.717, 1.165) is 51.0 Å². The number of benzene rings is 1. The van der Waals surface area contributed by atoms with Crippen molar-refractivity contribution in [1.82, 2.24) is 10.2 Å². The second kappa shape index (κ2) is 11.6. The number of guanidine groups is 1. The van der Waals surface area contributed by atoms with Crippen molar-refractivity contribution >= 4 is 29.9 Å². The van der Waals surface area contributed by atoms with Crippen LogP contribution in [0.2, 0.25) is 0 Å². The highest BCUT2D eigenvalue weighted by Crippen LogP contribution is 2.18. The van der Waals surface area contributed by atoms with Gasteiger partial charge in [0.1, 0.15) is 11.6 Å². The van der Waals surface area contributed by atoms with Crippen LogP contribution < -0.4 is 5.32 Å². The maximum absolute atomic E-state index is 13.6. The molecule has 1 saturated heterocycles. The molecular weight excluding hydrogens is 439 g/mol. The predicted octanol–water partition coefficient (Wildman–Crippen LogP) is 3.45. The fraction of sp³-hybridized carbons (Fsp3) is 0.611. The van der Waals surface area contributed by atoms with E-state index in [-0.39, 0.29) is 29.8 Å². The molecule has 0 amide bonds. The summed E-state index contributed by atoms with van der Waals surface area (Å²) in [7, 11) is 3.73. The number of nitrogens with zero attached hydrogens (tertiary/aromatic N) is 2. The van der Waals surface area contributed by atoms with Crippen molar-refractivity contribution in [2.24, 2.45) is 10.9 Å². The van der Waals surface area contributed by atoms with Gasteiger partial charge >= 0.3 is 0 Å². The Morgan fingerprint density at radius 3 is 2.72 bits per heavy atom. The molecule has 1 aromatic carbocycles. The summed E-state index contributed by atoms with van der Waals surface area (Å²) in [6, 6.07) is 3.55. The van der Waals surface area contributed by atoms with E-state index in [0.29, 0.717) is 24.4 Å². The van der Waals surface area contributed by atoms with Crippen LogP contribution in [-0.4, -0.2) is 51.3 Å². The van der Waals surface area contributed by atoms with Gasteiger partial charge in [-0.05, 0) is 55.4 Å². The molecule has 0 aromatic heterocycles. The molecule has 0 spiro atoms. The fourth-order valence-electron chi connectivity index (χ4n) is 2.95. The summed E-state index contributed by atoms with van der Waals surface area (Å²) >= 11 is 0. The molecule has 2 rings (SSSR count). The van der Waals surface area contributed by atoms with E-state index in [1.807, 2.05) is 7.05 Å². The summed E-state index contributed by atoms with van der Waals surface area (Å²) < 4.78 is 32.2. The van der Waals surface area contributed by atoms with Gasteiger partial charge in [0.05, 0.1) is 0 Å². The average Bonchev–Trinajstić information content (AvgIpc) is 2.60. The molecule has 0 aliphatic carbocycles. The Morgan fingerprint density at radius 1 is 1.32 bits per heavy atom. The normalized spacial score (nSPS) is 15.6. The topological polar surface area (TPSA) is 36.9 Å². The highest BCUT2D eigenvalue weighted by Gasteiger charge is 2.15. The molecule has 4 nitrogen and oxygen atoms in total. The van der Waals surface area contributed by atoms with Gasteiger partial charge in [0.2, 0.25) is 0 Å². The summed E-state index contributed by atoms with van der Waals surface area (Å²) in [5.74, 6) is 0.699. The van der Waals surface area contributed by atoms with E-state index in [9.17, 15) is 8.78 Å². The summed E-state index contributed by atoms with van der Waals surface area (Å²) in [5, 5.41) is 3.21. The summed E-state index contributed by atoms with van der Waals surface area (Å²) in [6.45, 7) is 3.15. The number of hydrogen-bond acceptors (Lipinski definition) is 2. The van der Waals surface area contributed by atoms with Crippen LogP contribution in [0, 0.1) is 17.6 Å². The van der Waals surface area contributed by atoms with Crippen LogP contribution in [0.1, 0.15) is 24.8 Å². The van der Waals surface area contributed by atoms with E-state index in [1.54, 1.807) is 7.05 Å². The molecule has 1 aromatic rings. The number of halogens is 3. The number of hydrogen-bond donors (Lipinski definition) is 1. The van der Waals surface area contributed by atoms with E-state index < -0.39 is 5.82 Å². The molecular formula is C18H28F2IN3O. The Kier molecular flexibility index (Phi) is 10.3. The van der Waals surface area contributed by atoms with Crippen LogP contribution in [0.3, 0.4) is 0 Å². The molecule has 1 N–H and O–H groups in total. The van der Waals surface area contributed by atoms with Gasteiger partial charge in [-0.2, -0.15) is 0 Å². The smallest absolute Gasteiger partial charge is 0.193 e. The van der Waals surface area contributed by atoms with Crippen LogP contribution in [0.5, 0.6) is 0 Å². The Hall–Kier alpha value is -0.960. The maximum Gasteiger partial charge on any atom is 0.193 e. The highest BCUT2D eigenvalue weighted by molar-refractivity contribution is 14.0. The Balaban J connectivity index is 0.00000312. The van der Waals surface area contributed by atoms with Crippen LogP contribution >= 0.6 is 24.0 Å². The maximum atomic E-state index is 13.6. The minimum atomic E-state index is -0.413. The second-order valence-electron chi connectivity index (χ2n) is 6.23. The first kappa shape index (κ1) is 22.1. The number of nitrogens with one attached hydrogen (secondary N) is 1. The quantitative estimate of drug-likeness (QED) is 0.396. The number of ether oxygens (including phenoxy) is 1. The summed E-state index contributed by atoms with van der Waals surface area (Å²) in [5.41, 5.74) is 0.378. The van der Waals surface area contributed by atoms with Crippen molar-refractivity contribution in [3.8, 4) is 0 Å². The second-order valence-corrected chi connectivity index (χ2v) is 6.23. The highest BCUT2D eigenvalue weighted by atomic mass is 127. The molecule has 1 aliphatic rings. The Labute approximate surface area is 166 Å². The van der Waals surface area contributed by atoms with Crippen molar-refractivity contribution in [3.63, 3.8) is 0 Å². The lowest BCUT2D eigenvalue weighted by Crippen LogP contribution is -2.40. The lowest BCUT2D eigenvalue weighted by atomic mass is 9.96. The van der Waals surface area contributed by atoms with Crippen LogP contribution in [-0.2, 0) is 11.2 Å². The molecule has 1 heterocycles. The first-order chi connectivity index (χ1) is 11.6. The van der Waals surface area contributed by atoms with Crippen molar-refractivity contribution in [2.75, 3.05) is 40.4 Å². The van der Waals surface area contributed by atoms with Gasteiger partial charge in [-0.3, -0.25) is 4.99 Å². The standard InChI is InChI=1S/C18H27F2N3O.HI/c1-21-18(23(2)10-6-14-7-11-24-12-8-14)22-9-5-15-13-16(19)3-4-17(15)20;/h3-4,13-14H,5-12H2,1-2H3,(H,21,22);1H. The summed E-state index contributed by atoms with van der Waals surface area (Å²) in [6.07, 6.45) is 3.77. The van der Waals surface area contributed by atoms with Crippen molar-refractivity contribution in [2.45, 2.75) is 25.7 Å². The van der Waals surface area contributed by atoms with Gasteiger partial charge in [-0.15, -0.1) is 24.0 Å². The molecule has 25 heavy (non-hydrogen) atoms. The lowest BCUT2D eigenvalue weighted by Gasteiger charge is -2.26. The third-order valence-corrected chi connectivity index (χ3v) is 4.47. The molecule has 1 aliphatic heterocycles. The van der Waals surface area contributed by atoms with Gasteiger partial charge in [-0.25, -0.2) is 8.78 Å². The summed E-state index contributed by atoms with van der Waals surface area (Å²) in [4.78, 5) is 6.34. The first-order valence-corrected chi connectivity index (χ1v) is 8.53. The Bertz CT molecular complexity index is 551. The molecule has 142 valence electrons. The van der Waals surface area contributed by atoms with E-state index >= 15 is 0 Å². The SMILES string of the molecule is CN=C(NCCc1cc(F)ccc1F)N(C)CCC1CCOCC1.I. The minimum absolute atomic E-state index is 0. The van der Waals surface area contributed by atoms with Gasteiger partial charge in [0, 0.05) is 40.4 Å². The molecule has 7 heteroatoms. The third kappa shape index (κ3) is 7.43. The number of rotatable bonds is 6. The van der Waals surface area contributed by atoms with E-state index in [2.05, 4.69) is 15.2 Å². The van der Waals surface area contributed by atoms with Crippen LogP contribution in [0.25, 0.3) is 0 Å². The fourth-order valence-corrected chi connectivity index (χ4v) is 2.95. The van der Waals surface area contributed by atoms with Crippen molar-refractivity contribution in [3.05, 3.63) is 35.4 Å². The lowest BCUT2D eigenvalue weighted by molar-refractivity contribution is 0.0625. The molecule has 0 saturated carbocycles. The Morgan fingerprint density at radius 2 is 2.04 bits per heavy atom. The average molecular weight is 467 g/mol. The van der Waals surface area contributed by atoms with Crippen molar-refractivity contribution in [1.29, 1.82) is 0 Å². The third-order valence-electron chi connectivity index (χ3n) is 4.47. The monoisotopic (exact) mass is 467 g/mol. The van der Waals surface area contributed by atoms with Crippen molar-refractivity contribution < 1.29 is 13.5 Å². The molecule has 0 bridgehead atoms. The number of aliphatic imine (C=N–C) groups is 1. The van der Waals surface area contributed by atoms with Gasteiger partial charge in [0.25, 0.3) is 0 Å². The molecule has 1 fully saturated rings. The van der Waals surface area contributed by atoms with Gasteiger partial charge in [-0.1, -0.05) is 0 Å². The minimum Gasteiger partial charge on any atom is -0.381 e. The zero-order valence-corrected chi connectivity index (χ0v) is 17.3. The zero-order chi connectivity index (χ0) is 17.4. The predicted molar refractivity (Wildman–Crippen MR) is 108 cm³/mol. The van der Waals surface area contributed by atoms with Gasteiger partial charge in [0.15, 0.2) is 5.96 Å². The van der Waals surface area contributed by atoms with Crippen LogP contribution in [0.4, 0.5) is 8.78 Å². The molecule has 0 atom stereocenters. The largest absolute Gasteiger partial charge is 0.381 e. The molecule has 0 unspecified atom stereocenters.